The molecule has 1 aromatic carbocycles. The van der Waals surface area contributed by atoms with E-state index >= 15 is 0 Å². The Kier molecular flexibility index (Phi) is 4.77. The third-order valence-corrected chi connectivity index (χ3v) is 4.43. The van der Waals surface area contributed by atoms with Crippen molar-refractivity contribution in [3.05, 3.63) is 40.7 Å². The highest BCUT2D eigenvalue weighted by molar-refractivity contribution is 7.98. The van der Waals surface area contributed by atoms with Gasteiger partial charge >= 0.3 is 0 Å². The number of para-hydroxylation sites is 1. The van der Waals surface area contributed by atoms with Crippen LogP contribution in [0.15, 0.2) is 29.2 Å². The molecule has 0 unspecified atom stereocenters. The summed E-state index contributed by atoms with van der Waals surface area (Å²) in [7, 11) is 0. The predicted octanol–water partition coefficient (Wildman–Crippen LogP) is 4.12. The number of hydrogen-bond donors (Lipinski definition) is 1. The Morgan fingerprint density at radius 3 is 2.68 bits per heavy atom. The number of hydrogen-bond acceptors (Lipinski definition) is 3. The highest BCUT2D eigenvalue weighted by Gasteiger charge is 2.14. The highest BCUT2D eigenvalue weighted by Crippen LogP contribution is 2.33. The summed E-state index contributed by atoms with van der Waals surface area (Å²) in [6.45, 7) is 4.90. The number of rotatable bonds is 5. The fourth-order valence-electron chi connectivity index (χ4n) is 1.88. The lowest BCUT2D eigenvalue weighted by molar-refractivity contribution is 0.462. The summed E-state index contributed by atoms with van der Waals surface area (Å²) in [4.78, 5) is 0.862. The Morgan fingerprint density at radius 1 is 1.32 bits per heavy atom. The molecule has 0 bridgehead atoms. The molecule has 0 saturated heterocycles. The Hall–Kier alpha value is -1.13. The molecule has 0 spiro atoms. The van der Waals surface area contributed by atoms with Gasteiger partial charge in [0.2, 0.25) is 0 Å². The third kappa shape index (κ3) is 3.07. The van der Waals surface area contributed by atoms with Crippen LogP contribution in [0.3, 0.4) is 0 Å². The quantitative estimate of drug-likeness (QED) is 0.844. The van der Waals surface area contributed by atoms with E-state index in [0.717, 1.165) is 34.3 Å². The molecule has 5 heteroatoms. The topological polar surface area (TPSA) is 38.0 Å². The van der Waals surface area contributed by atoms with Crippen LogP contribution >= 0.6 is 23.4 Å². The first kappa shape index (κ1) is 14.3. The molecule has 1 N–H and O–H groups in total. The first-order valence-electron chi connectivity index (χ1n) is 6.32. The van der Waals surface area contributed by atoms with Crippen LogP contribution in [0.5, 0.6) is 5.75 Å². The van der Waals surface area contributed by atoms with Crippen LogP contribution in [-0.2, 0) is 18.7 Å². The molecule has 0 aliphatic carbocycles. The van der Waals surface area contributed by atoms with Crippen LogP contribution in [0.1, 0.15) is 25.2 Å². The van der Waals surface area contributed by atoms with Crippen molar-refractivity contribution in [2.75, 3.05) is 0 Å². The molecule has 0 aliphatic rings. The second-order valence-electron chi connectivity index (χ2n) is 4.13. The van der Waals surface area contributed by atoms with Gasteiger partial charge in [0.1, 0.15) is 5.75 Å². The van der Waals surface area contributed by atoms with Gasteiger partial charge in [-0.05, 0) is 25.5 Å². The normalized spacial score (nSPS) is 10.9. The van der Waals surface area contributed by atoms with Gasteiger partial charge in [0.25, 0.3) is 0 Å². The van der Waals surface area contributed by atoms with Gasteiger partial charge < -0.3 is 5.11 Å². The standard InChI is InChI=1S/C14H17ClN2OS/c1-3-10-14(15)11(17(4-2)16-10)9-19-13-8-6-5-7-12(13)18/h5-8,18H,3-4,9H2,1-2H3. The zero-order valence-electron chi connectivity index (χ0n) is 11.1. The van der Waals surface area contributed by atoms with Crippen molar-refractivity contribution < 1.29 is 5.11 Å². The average molecular weight is 297 g/mol. The molecule has 0 amide bonds. The SMILES string of the molecule is CCc1nn(CC)c(CSc2ccccc2O)c1Cl. The molecule has 0 saturated carbocycles. The van der Waals surface area contributed by atoms with Gasteiger partial charge in [-0.25, -0.2) is 0 Å². The number of nitrogens with zero attached hydrogens (tertiary/aromatic N) is 2. The number of phenols is 1. The summed E-state index contributed by atoms with van der Waals surface area (Å²) in [5, 5.41) is 15.0. The predicted molar refractivity (Wildman–Crippen MR) is 80.0 cm³/mol. The minimum Gasteiger partial charge on any atom is -0.507 e. The number of halogens is 1. The van der Waals surface area contributed by atoms with Gasteiger partial charge in [-0.1, -0.05) is 30.7 Å². The van der Waals surface area contributed by atoms with Crippen molar-refractivity contribution in [1.29, 1.82) is 0 Å². The maximum Gasteiger partial charge on any atom is 0.129 e. The molecule has 1 heterocycles. The van der Waals surface area contributed by atoms with Gasteiger partial charge in [0, 0.05) is 17.2 Å². The third-order valence-electron chi connectivity index (χ3n) is 2.92. The fourth-order valence-corrected chi connectivity index (χ4v) is 3.27. The van der Waals surface area contributed by atoms with Crippen molar-refractivity contribution >= 4 is 23.4 Å². The summed E-state index contributed by atoms with van der Waals surface area (Å²) in [6.07, 6.45) is 0.833. The van der Waals surface area contributed by atoms with E-state index in [1.165, 1.54) is 0 Å². The highest BCUT2D eigenvalue weighted by atomic mass is 35.5. The van der Waals surface area contributed by atoms with Gasteiger partial charge in [0.15, 0.2) is 0 Å². The Labute approximate surface area is 122 Å². The summed E-state index contributed by atoms with van der Waals surface area (Å²) in [5.74, 6) is 1.01. The minimum absolute atomic E-state index is 0.307. The molecule has 2 rings (SSSR count). The van der Waals surface area contributed by atoms with Crippen LogP contribution in [0.25, 0.3) is 0 Å². The number of benzene rings is 1. The summed E-state index contributed by atoms with van der Waals surface area (Å²) < 4.78 is 1.94. The lowest BCUT2D eigenvalue weighted by atomic mass is 10.3. The molecule has 2 aromatic rings. The van der Waals surface area contributed by atoms with Crippen LogP contribution in [0.2, 0.25) is 5.02 Å². The largest absolute Gasteiger partial charge is 0.507 e. The first-order chi connectivity index (χ1) is 9.17. The van der Waals surface area contributed by atoms with E-state index in [9.17, 15) is 5.11 Å². The average Bonchev–Trinajstić information content (AvgIpc) is 2.74. The van der Waals surface area contributed by atoms with Crippen LogP contribution in [0, 0.1) is 0 Å². The van der Waals surface area contributed by atoms with Crippen molar-refractivity contribution in [3.63, 3.8) is 0 Å². The molecule has 0 aliphatic heterocycles. The Morgan fingerprint density at radius 2 is 2.05 bits per heavy atom. The van der Waals surface area contributed by atoms with E-state index in [1.54, 1.807) is 17.8 Å². The maximum absolute atomic E-state index is 9.76. The van der Waals surface area contributed by atoms with Crippen molar-refractivity contribution in [2.24, 2.45) is 0 Å². The molecular formula is C14H17ClN2OS. The lowest BCUT2D eigenvalue weighted by Crippen LogP contribution is -2.01. The van der Waals surface area contributed by atoms with E-state index < -0.39 is 0 Å². The van der Waals surface area contributed by atoms with Crippen molar-refractivity contribution in [1.82, 2.24) is 9.78 Å². The molecule has 102 valence electrons. The smallest absolute Gasteiger partial charge is 0.129 e. The molecule has 0 fully saturated rings. The van der Waals surface area contributed by atoms with Gasteiger partial charge in [-0.15, -0.1) is 11.8 Å². The number of aryl methyl sites for hydroxylation is 2. The lowest BCUT2D eigenvalue weighted by Gasteiger charge is -2.06. The minimum atomic E-state index is 0.307. The number of phenolic OH excluding ortho intramolecular Hbond substituents is 1. The first-order valence-corrected chi connectivity index (χ1v) is 7.68. The zero-order chi connectivity index (χ0) is 13.8. The summed E-state index contributed by atoms with van der Waals surface area (Å²) >= 11 is 7.93. The van der Waals surface area contributed by atoms with E-state index in [1.807, 2.05) is 29.8 Å². The van der Waals surface area contributed by atoms with E-state index in [4.69, 9.17) is 11.6 Å². The van der Waals surface area contributed by atoms with E-state index in [-0.39, 0.29) is 0 Å². The Balaban J connectivity index is 2.20. The van der Waals surface area contributed by atoms with Gasteiger partial charge in [0.05, 0.1) is 16.4 Å². The molecule has 0 radical (unpaired) electrons. The molecular weight excluding hydrogens is 280 g/mol. The van der Waals surface area contributed by atoms with Crippen LogP contribution in [-0.4, -0.2) is 14.9 Å². The maximum atomic E-state index is 9.76. The van der Waals surface area contributed by atoms with Crippen LogP contribution < -0.4 is 0 Å². The molecule has 1 aromatic heterocycles. The number of aromatic nitrogens is 2. The van der Waals surface area contributed by atoms with E-state index in [2.05, 4.69) is 12.0 Å². The zero-order valence-corrected chi connectivity index (χ0v) is 12.6. The van der Waals surface area contributed by atoms with Crippen molar-refractivity contribution in [3.8, 4) is 5.75 Å². The van der Waals surface area contributed by atoms with Crippen LogP contribution in [0.4, 0.5) is 0 Å². The molecule has 19 heavy (non-hydrogen) atoms. The second-order valence-corrected chi connectivity index (χ2v) is 5.53. The van der Waals surface area contributed by atoms with E-state index in [0.29, 0.717) is 11.5 Å². The summed E-state index contributed by atoms with van der Waals surface area (Å²) in [6, 6.07) is 7.33. The molecule has 0 atom stereocenters. The monoisotopic (exact) mass is 296 g/mol. The Bertz CT molecular complexity index is 569. The number of aromatic hydroxyl groups is 1. The second kappa shape index (κ2) is 6.35. The van der Waals surface area contributed by atoms with Gasteiger partial charge in [-0.2, -0.15) is 5.10 Å². The van der Waals surface area contributed by atoms with Crippen molar-refractivity contribution in [2.45, 2.75) is 37.5 Å². The summed E-state index contributed by atoms with van der Waals surface area (Å²) in [5.41, 5.74) is 1.96. The van der Waals surface area contributed by atoms with Gasteiger partial charge in [-0.3, -0.25) is 4.68 Å². The number of thioether (sulfide) groups is 1. The fraction of sp³-hybridized carbons (Fsp3) is 0.357. The molecule has 3 nitrogen and oxygen atoms in total.